The van der Waals surface area contributed by atoms with Crippen LogP contribution < -0.4 is 10.1 Å². The van der Waals surface area contributed by atoms with Gasteiger partial charge in [0.05, 0.1) is 33.5 Å². The molecule has 7 heteroatoms. The molecule has 0 radical (unpaired) electrons. The predicted molar refractivity (Wildman–Crippen MR) is 125 cm³/mol. The van der Waals surface area contributed by atoms with Gasteiger partial charge in [0.1, 0.15) is 5.75 Å². The molecule has 0 saturated carbocycles. The maximum atomic E-state index is 13.1. The Bertz CT molecular complexity index is 807. The Morgan fingerprint density at radius 1 is 1.00 bits per heavy atom. The Hall–Kier alpha value is -2.19. The van der Waals surface area contributed by atoms with E-state index in [1.54, 1.807) is 7.11 Å². The number of methoxy groups -OCH3 is 2. The van der Waals surface area contributed by atoms with Gasteiger partial charge >= 0.3 is 5.97 Å². The first-order valence-corrected chi connectivity index (χ1v) is 13.9. The molecule has 0 heterocycles. The van der Waals surface area contributed by atoms with Crippen molar-refractivity contribution in [2.45, 2.75) is 51.4 Å². The highest BCUT2D eigenvalue weighted by molar-refractivity contribution is 6.69. The molecule has 2 rings (SSSR count). The molecule has 1 unspecified atom stereocenters. The third-order valence-electron chi connectivity index (χ3n) is 4.98. The summed E-state index contributed by atoms with van der Waals surface area (Å²) in [6, 6.07) is 17.6. The molecule has 0 bridgehead atoms. The zero-order valence-electron chi connectivity index (χ0n) is 19.4. The highest BCUT2D eigenvalue weighted by Crippen LogP contribution is 2.23. The van der Waals surface area contributed by atoms with Crippen molar-refractivity contribution in [3.8, 4) is 5.75 Å². The average Bonchev–Trinajstić information content (AvgIpc) is 2.75. The molecular formula is C24H35NO5Si. The van der Waals surface area contributed by atoms with E-state index in [9.17, 15) is 4.79 Å². The van der Waals surface area contributed by atoms with E-state index in [0.29, 0.717) is 13.2 Å². The molecule has 2 aromatic rings. The molecule has 0 spiro atoms. The highest BCUT2D eigenvalue weighted by Gasteiger charge is 2.47. The zero-order chi connectivity index (χ0) is 22.9. The Kier molecular flexibility index (Phi) is 9.25. The maximum absolute atomic E-state index is 13.1. The van der Waals surface area contributed by atoms with Gasteiger partial charge in [0.15, 0.2) is 13.9 Å². The van der Waals surface area contributed by atoms with Crippen molar-refractivity contribution in [1.29, 1.82) is 0 Å². The molecule has 0 aliphatic carbocycles. The summed E-state index contributed by atoms with van der Waals surface area (Å²) in [6.07, 6.45) is -0.444. The Labute approximate surface area is 187 Å². The standard InChI is InChI=1S/C24H35NO5Si/c1-19(30-31(4,5)6)24(23(26)28-3,18-29-17-21-10-8-7-9-11-21)25-16-20-12-14-22(27-2)15-13-20/h7-15,19,25H,16-18H2,1-6H3/t19-,24?/m0/s1. The van der Waals surface area contributed by atoms with Gasteiger partial charge in [0, 0.05) is 6.54 Å². The van der Waals surface area contributed by atoms with Crippen LogP contribution in [0, 0.1) is 0 Å². The molecule has 2 aromatic carbocycles. The minimum atomic E-state index is -1.93. The van der Waals surface area contributed by atoms with Gasteiger partial charge < -0.3 is 18.6 Å². The number of hydrogen-bond acceptors (Lipinski definition) is 6. The van der Waals surface area contributed by atoms with Crippen molar-refractivity contribution >= 4 is 14.3 Å². The van der Waals surface area contributed by atoms with Crippen LogP contribution in [-0.2, 0) is 31.8 Å². The van der Waals surface area contributed by atoms with Crippen LogP contribution in [0.5, 0.6) is 5.75 Å². The largest absolute Gasteiger partial charge is 0.497 e. The second kappa shape index (κ2) is 11.4. The highest BCUT2D eigenvalue weighted by atomic mass is 28.4. The van der Waals surface area contributed by atoms with Crippen LogP contribution in [0.1, 0.15) is 18.1 Å². The summed E-state index contributed by atoms with van der Waals surface area (Å²) in [5.41, 5.74) is 0.900. The molecule has 0 aromatic heterocycles. The molecule has 0 aliphatic heterocycles. The third-order valence-corrected chi connectivity index (χ3v) is 6.04. The first kappa shape index (κ1) is 25.1. The molecule has 0 fully saturated rings. The summed E-state index contributed by atoms with van der Waals surface area (Å²) >= 11 is 0. The van der Waals surface area contributed by atoms with E-state index in [4.69, 9.17) is 18.6 Å². The fourth-order valence-electron chi connectivity index (χ4n) is 3.33. The van der Waals surface area contributed by atoms with E-state index in [1.807, 2.05) is 61.5 Å². The summed E-state index contributed by atoms with van der Waals surface area (Å²) in [5.74, 6) is 0.379. The fraction of sp³-hybridized carbons (Fsp3) is 0.458. The van der Waals surface area contributed by atoms with E-state index in [-0.39, 0.29) is 6.61 Å². The van der Waals surface area contributed by atoms with Gasteiger partial charge in [0.2, 0.25) is 0 Å². The number of carbonyl (C=O) groups is 1. The van der Waals surface area contributed by atoms with Crippen LogP contribution in [0.25, 0.3) is 0 Å². The van der Waals surface area contributed by atoms with Gasteiger partial charge in [-0.2, -0.15) is 0 Å². The van der Waals surface area contributed by atoms with Crippen LogP contribution in [-0.4, -0.2) is 46.8 Å². The maximum Gasteiger partial charge on any atom is 0.331 e. The van der Waals surface area contributed by atoms with E-state index in [0.717, 1.165) is 16.9 Å². The number of esters is 1. The second-order valence-electron chi connectivity index (χ2n) is 8.52. The van der Waals surface area contributed by atoms with Crippen molar-refractivity contribution in [2.75, 3.05) is 20.8 Å². The molecular weight excluding hydrogens is 410 g/mol. The predicted octanol–water partition coefficient (Wildman–Crippen LogP) is 4.15. The monoisotopic (exact) mass is 445 g/mol. The van der Waals surface area contributed by atoms with Crippen LogP contribution in [0.2, 0.25) is 19.6 Å². The third kappa shape index (κ3) is 7.47. The Morgan fingerprint density at radius 3 is 2.19 bits per heavy atom. The van der Waals surface area contributed by atoms with Gasteiger partial charge in [-0.25, -0.2) is 4.79 Å². The van der Waals surface area contributed by atoms with Gasteiger partial charge in [-0.05, 0) is 49.8 Å². The summed E-state index contributed by atoms with van der Waals surface area (Å²) in [6.45, 7) is 9.16. The van der Waals surface area contributed by atoms with E-state index >= 15 is 0 Å². The van der Waals surface area contributed by atoms with Gasteiger partial charge in [-0.3, -0.25) is 5.32 Å². The summed E-state index contributed by atoms with van der Waals surface area (Å²) < 4.78 is 22.8. The lowest BCUT2D eigenvalue weighted by Gasteiger charge is -2.39. The zero-order valence-corrected chi connectivity index (χ0v) is 20.4. The smallest absolute Gasteiger partial charge is 0.331 e. The number of ether oxygens (including phenoxy) is 3. The number of nitrogens with one attached hydrogen (secondary N) is 1. The van der Waals surface area contributed by atoms with Crippen LogP contribution >= 0.6 is 0 Å². The lowest BCUT2D eigenvalue weighted by atomic mass is 9.93. The average molecular weight is 446 g/mol. The van der Waals surface area contributed by atoms with Gasteiger partial charge in [-0.15, -0.1) is 0 Å². The molecule has 6 nitrogen and oxygen atoms in total. The quantitative estimate of drug-likeness (QED) is 0.391. The fourth-order valence-corrected chi connectivity index (χ4v) is 4.59. The summed E-state index contributed by atoms with van der Waals surface area (Å²) in [7, 11) is 1.09. The number of benzene rings is 2. The van der Waals surface area contributed by atoms with Gasteiger partial charge in [-0.1, -0.05) is 42.5 Å². The minimum Gasteiger partial charge on any atom is -0.497 e. The Balaban J connectivity index is 2.24. The molecule has 170 valence electrons. The van der Waals surface area contributed by atoms with E-state index in [1.165, 1.54) is 7.11 Å². The molecule has 1 N–H and O–H groups in total. The normalized spacial score (nSPS) is 14.5. The van der Waals surface area contributed by atoms with E-state index < -0.39 is 25.9 Å². The lowest BCUT2D eigenvalue weighted by Crippen LogP contribution is -2.64. The van der Waals surface area contributed by atoms with Crippen molar-refractivity contribution < 1.29 is 23.4 Å². The van der Waals surface area contributed by atoms with Crippen molar-refractivity contribution in [2.24, 2.45) is 0 Å². The topological polar surface area (TPSA) is 66.0 Å². The lowest BCUT2D eigenvalue weighted by molar-refractivity contribution is -0.157. The van der Waals surface area contributed by atoms with Crippen molar-refractivity contribution in [3.05, 3.63) is 65.7 Å². The number of hydrogen-bond donors (Lipinski definition) is 1. The number of carbonyl (C=O) groups excluding carboxylic acids is 1. The molecule has 0 aliphatic rings. The first-order chi connectivity index (χ1) is 14.7. The molecule has 2 atom stereocenters. The molecule has 31 heavy (non-hydrogen) atoms. The summed E-state index contributed by atoms with van der Waals surface area (Å²) in [4.78, 5) is 13.1. The Morgan fingerprint density at radius 2 is 1.65 bits per heavy atom. The van der Waals surface area contributed by atoms with Crippen molar-refractivity contribution in [3.63, 3.8) is 0 Å². The first-order valence-electron chi connectivity index (χ1n) is 10.5. The van der Waals surface area contributed by atoms with Crippen LogP contribution in [0.3, 0.4) is 0 Å². The minimum absolute atomic E-state index is 0.121. The SMILES string of the molecule is COC(=O)C(COCc1ccccc1)(NCc1ccc(OC)cc1)[C@H](C)O[Si](C)(C)C. The second-order valence-corrected chi connectivity index (χ2v) is 13.0. The van der Waals surface area contributed by atoms with E-state index in [2.05, 4.69) is 25.0 Å². The molecule has 0 amide bonds. The van der Waals surface area contributed by atoms with Crippen LogP contribution in [0.4, 0.5) is 0 Å². The van der Waals surface area contributed by atoms with Gasteiger partial charge in [0.25, 0.3) is 0 Å². The molecule has 0 saturated heterocycles. The van der Waals surface area contributed by atoms with Crippen LogP contribution in [0.15, 0.2) is 54.6 Å². The van der Waals surface area contributed by atoms with Crippen molar-refractivity contribution in [1.82, 2.24) is 5.32 Å². The number of rotatable bonds is 12. The summed E-state index contributed by atoms with van der Waals surface area (Å²) in [5, 5.41) is 3.40.